The van der Waals surface area contributed by atoms with Crippen LogP contribution in [0.2, 0.25) is 0 Å². The number of unbranched alkanes of at least 4 members (excludes halogenated alkanes) is 8. The standard InChI is InChI=1S/4C8H18O2PS2.3Mo/c4*1-3-5-7-13(8-6-4-2)11(9,10)12;;;/h4*3-8H2,1-2H3;;;/q4*-3;3*+4. The smallest absolute Gasteiger partial charge is 0.854 e. The van der Waals surface area contributed by atoms with Crippen molar-refractivity contribution in [2.45, 2.75) is 158 Å². The first kappa shape index (κ1) is 75.6. The first-order valence-electron chi connectivity index (χ1n) is 18.9. The molecule has 0 aliphatic carbocycles. The van der Waals surface area contributed by atoms with Gasteiger partial charge in [0.15, 0.2) is 0 Å². The maximum Gasteiger partial charge on any atom is 4.00 e. The summed E-state index contributed by atoms with van der Waals surface area (Å²) in [5.74, 6) is 6.23. The predicted octanol–water partition coefficient (Wildman–Crippen LogP) is 4.59. The molecule has 0 aromatic carbocycles. The van der Waals surface area contributed by atoms with Crippen molar-refractivity contribution in [3.8, 4) is 0 Å². The Kier molecular flexibility index (Phi) is 66.2. The number of hydrogen-bond acceptors (Lipinski definition) is 12. The van der Waals surface area contributed by atoms with E-state index < -0.39 is 63.1 Å². The molecule has 8 nitrogen and oxygen atoms in total. The van der Waals surface area contributed by atoms with Crippen LogP contribution < -0.4 is 39.1 Å². The quantitative estimate of drug-likeness (QED) is 0.0746. The molecule has 0 unspecified atom stereocenters. The second-order valence-electron chi connectivity index (χ2n) is 12.1. The maximum atomic E-state index is 11.2. The molecule has 55 heavy (non-hydrogen) atoms. The van der Waals surface area contributed by atoms with Gasteiger partial charge in [-0.15, -0.1) is 0 Å². The van der Waals surface area contributed by atoms with Crippen molar-refractivity contribution in [1.82, 2.24) is 0 Å². The zero-order valence-corrected chi connectivity index (χ0v) is 50.6. The fourth-order valence-corrected chi connectivity index (χ4v) is 25.2. The average molecular weight is 1250 g/mol. The largest absolute Gasteiger partial charge is 4.00 e. The molecule has 0 heterocycles. The van der Waals surface area contributed by atoms with Gasteiger partial charge in [-0.05, 0) is 97.4 Å². The SMILES string of the molecule is CCCCS(CCCC)=P([O-])([O-])[S-].CCCCS(CCCC)=P([O-])([O-])[S-].CCCCS(CCCC)=P([O-])([O-])[S-].CCCCS(CCCC)=P([O-])([O-])[S-].[Mo+4].[Mo+4].[Mo+4]. The Labute approximate surface area is 413 Å². The van der Waals surface area contributed by atoms with Gasteiger partial charge in [0, 0.05) is 0 Å². The van der Waals surface area contributed by atoms with Crippen molar-refractivity contribution in [1.29, 1.82) is 0 Å². The van der Waals surface area contributed by atoms with Gasteiger partial charge in [-0.25, -0.2) is 40.3 Å². The molecule has 0 saturated carbocycles. The van der Waals surface area contributed by atoms with E-state index in [9.17, 15) is 39.1 Å². The van der Waals surface area contributed by atoms with E-state index in [0.29, 0.717) is 0 Å². The molecule has 0 aromatic rings. The average Bonchev–Trinajstić information content (AvgIpc) is 3.03. The molecule has 334 valence electrons. The summed E-state index contributed by atoms with van der Waals surface area (Å²) in [5, 5.41) is 0. The topological polar surface area (TPSA) is 184 Å². The van der Waals surface area contributed by atoms with Crippen LogP contribution in [0.3, 0.4) is 0 Å². The van der Waals surface area contributed by atoms with Gasteiger partial charge in [-0.2, -0.15) is 0 Å². The summed E-state index contributed by atoms with van der Waals surface area (Å²) in [6.07, 6.45) is 16.2. The Morgan fingerprint density at radius 2 is 0.364 bits per heavy atom. The van der Waals surface area contributed by atoms with Gasteiger partial charge >= 0.3 is 63.2 Å². The van der Waals surface area contributed by atoms with Crippen molar-refractivity contribution in [2.75, 3.05) is 46.0 Å². The number of hydrogen-bond donors (Lipinski definition) is 0. The van der Waals surface area contributed by atoms with Crippen LogP contribution in [0.15, 0.2) is 0 Å². The van der Waals surface area contributed by atoms with Crippen LogP contribution in [0.25, 0.3) is 0 Å². The van der Waals surface area contributed by atoms with E-state index >= 15 is 0 Å². The first-order valence-corrected chi connectivity index (χ1v) is 38.1. The molecular formula is C32H72Mo3O8P4S8. The third kappa shape index (κ3) is 52.8. The van der Waals surface area contributed by atoms with E-state index in [1.807, 2.05) is 0 Å². The molecule has 0 aliphatic rings. The summed E-state index contributed by atoms with van der Waals surface area (Å²) in [6.45, 7) is 16.6. The molecule has 0 fully saturated rings. The molecule has 0 rings (SSSR count). The normalized spacial score (nSPS) is 11.8. The summed E-state index contributed by atoms with van der Waals surface area (Å²) in [5.41, 5.74) is -13.9. The van der Waals surface area contributed by atoms with Crippen molar-refractivity contribution in [2.24, 2.45) is 0 Å². The Bertz CT molecular complexity index is 866. The zero-order valence-electron chi connectivity index (χ0n) is 34.5. The summed E-state index contributed by atoms with van der Waals surface area (Å²) in [7, 11) is -2.11. The zero-order chi connectivity index (χ0) is 41.3. The first-order chi connectivity index (χ1) is 24.1. The second-order valence-corrected chi connectivity index (χ2v) is 43.1. The minimum absolute atomic E-state index is 0. The fraction of sp³-hybridized carbons (Fsp3) is 1.00. The van der Waals surface area contributed by atoms with E-state index in [-0.39, 0.29) is 63.2 Å². The minimum atomic E-state index is -3.47. The minimum Gasteiger partial charge on any atom is -0.854 e. The van der Waals surface area contributed by atoms with Crippen molar-refractivity contribution >= 4 is 112 Å². The van der Waals surface area contributed by atoms with Crippen LogP contribution in [0, 0.1) is 0 Å². The van der Waals surface area contributed by atoms with Gasteiger partial charge in [-0.1, -0.05) is 107 Å². The molecule has 0 N–H and O–H groups in total. The van der Waals surface area contributed by atoms with Gasteiger partial charge in [0.2, 0.25) is 0 Å². The second kappa shape index (κ2) is 48.2. The number of rotatable bonds is 24. The molecular weight excluding hydrogens is 1180 g/mol. The van der Waals surface area contributed by atoms with Gasteiger partial charge < -0.3 is 111 Å². The maximum absolute atomic E-state index is 11.2. The summed E-state index contributed by atoms with van der Waals surface area (Å²) in [4.78, 5) is 89.6. The summed E-state index contributed by atoms with van der Waals surface area (Å²) < 4.78 is 0. The molecule has 0 amide bonds. The molecule has 0 aromatic heterocycles. The third-order valence-corrected chi connectivity index (χ3v) is 35.3. The van der Waals surface area contributed by atoms with Crippen LogP contribution in [-0.4, -0.2) is 46.0 Å². The van der Waals surface area contributed by atoms with Crippen LogP contribution in [-0.2, 0) is 152 Å². The Balaban J connectivity index is -0.000000110. The molecule has 0 radical (unpaired) electrons. The molecule has 0 atom stereocenters. The fourth-order valence-electron chi connectivity index (χ4n) is 3.79. The van der Waals surface area contributed by atoms with Gasteiger partial charge in [-0.3, -0.25) is 0 Å². The van der Waals surface area contributed by atoms with Crippen molar-refractivity contribution in [3.63, 3.8) is 0 Å². The van der Waals surface area contributed by atoms with Crippen molar-refractivity contribution in [3.05, 3.63) is 0 Å². The van der Waals surface area contributed by atoms with E-state index in [4.69, 9.17) is 0 Å². The Hall–Kier alpha value is 6.26. The monoisotopic (exact) mass is 1260 g/mol. The van der Waals surface area contributed by atoms with Crippen LogP contribution in [0.1, 0.15) is 158 Å². The van der Waals surface area contributed by atoms with Gasteiger partial charge in [0.25, 0.3) is 0 Å². The third-order valence-electron chi connectivity index (χ3n) is 7.13. The van der Waals surface area contributed by atoms with E-state index in [1.165, 1.54) is 0 Å². The molecule has 0 saturated heterocycles. The molecule has 0 spiro atoms. The molecule has 0 bridgehead atoms. The van der Waals surface area contributed by atoms with E-state index in [0.717, 1.165) is 149 Å². The molecule has 23 heteroatoms. The van der Waals surface area contributed by atoms with Crippen molar-refractivity contribution < 1.29 is 102 Å². The summed E-state index contributed by atoms with van der Waals surface area (Å²) >= 11 is 18.2. The molecule has 0 aliphatic heterocycles. The van der Waals surface area contributed by atoms with Crippen LogP contribution >= 0.6 is 22.8 Å². The van der Waals surface area contributed by atoms with Crippen LogP contribution in [0.5, 0.6) is 0 Å². The van der Waals surface area contributed by atoms with E-state index in [1.54, 1.807) is 0 Å². The van der Waals surface area contributed by atoms with E-state index in [2.05, 4.69) is 104 Å². The Morgan fingerprint density at radius 3 is 0.418 bits per heavy atom. The van der Waals surface area contributed by atoms with Gasteiger partial charge in [0.1, 0.15) is 0 Å². The summed E-state index contributed by atoms with van der Waals surface area (Å²) in [6, 6.07) is 0. The van der Waals surface area contributed by atoms with Crippen LogP contribution in [0.4, 0.5) is 0 Å². The van der Waals surface area contributed by atoms with Gasteiger partial charge in [0.05, 0.1) is 0 Å². The predicted molar refractivity (Wildman–Crippen MR) is 245 cm³/mol. The Morgan fingerprint density at radius 1 is 0.273 bits per heavy atom.